The van der Waals surface area contributed by atoms with Crippen LogP contribution in [-0.4, -0.2) is 39.9 Å². The summed E-state index contributed by atoms with van der Waals surface area (Å²) in [4.78, 5) is 19.2. The summed E-state index contributed by atoms with van der Waals surface area (Å²) in [5.41, 5.74) is 1.76. The second kappa shape index (κ2) is 7.11. The lowest BCUT2D eigenvalue weighted by Crippen LogP contribution is -2.43. The van der Waals surface area contributed by atoms with Crippen molar-refractivity contribution in [3.8, 4) is 17.3 Å². The molecule has 7 heteroatoms. The number of anilines is 1. The van der Waals surface area contributed by atoms with Gasteiger partial charge in [-0.15, -0.1) is 0 Å². The van der Waals surface area contributed by atoms with Crippen LogP contribution >= 0.6 is 0 Å². The zero-order chi connectivity index (χ0) is 18.8. The molecule has 0 aliphatic carbocycles. The maximum atomic E-state index is 13.3. The third-order valence-electron chi connectivity index (χ3n) is 4.24. The molecular formula is C20H20N4O3. The van der Waals surface area contributed by atoms with E-state index < -0.39 is 0 Å². The highest BCUT2D eigenvalue weighted by molar-refractivity contribution is 6.07. The number of carbonyl (C=O) groups is 1. The number of para-hydroxylation sites is 1. The Morgan fingerprint density at radius 2 is 2.07 bits per heavy atom. The van der Waals surface area contributed by atoms with Crippen molar-refractivity contribution < 1.29 is 14.3 Å². The van der Waals surface area contributed by atoms with E-state index in [4.69, 9.17) is 9.47 Å². The normalized spacial score (nSPS) is 15.8. The summed E-state index contributed by atoms with van der Waals surface area (Å²) in [6, 6.07) is 13.2. The van der Waals surface area contributed by atoms with Crippen molar-refractivity contribution in [1.82, 2.24) is 14.8 Å². The summed E-state index contributed by atoms with van der Waals surface area (Å²) in [6.45, 7) is 4.65. The van der Waals surface area contributed by atoms with Crippen molar-refractivity contribution >= 4 is 11.6 Å². The maximum Gasteiger partial charge on any atom is 0.282 e. The highest BCUT2D eigenvalue weighted by atomic mass is 16.5. The van der Waals surface area contributed by atoms with Crippen molar-refractivity contribution in [1.29, 1.82) is 0 Å². The lowest BCUT2D eigenvalue weighted by molar-refractivity contribution is 0.0950. The zero-order valence-corrected chi connectivity index (χ0v) is 15.2. The van der Waals surface area contributed by atoms with Gasteiger partial charge in [-0.3, -0.25) is 9.69 Å². The monoisotopic (exact) mass is 364 g/mol. The number of pyridine rings is 1. The number of aromatic nitrogens is 3. The molecule has 3 heterocycles. The Morgan fingerprint density at radius 1 is 1.26 bits per heavy atom. The number of hydrogen-bond acceptors (Lipinski definition) is 5. The first-order chi connectivity index (χ1) is 13.2. The molecule has 0 saturated carbocycles. The second-order valence-corrected chi connectivity index (χ2v) is 6.23. The molecule has 27 heavy (non-hydrogen) atoms. The van der Waals surface area contributed by atoms with E-state index in [0.29, 0.717) is 30.5 Å². The summed E-state index contributed by atoms with van der Waals surface area (Å²) >= 11 is 0. The van der Waals surface area contributed by atoms with Crippen molar-refractivity contribution in [2.45, 2.75) is 20.0 Å². The highest BCUT2D eigenvalue weighted by Gasteiger charge is 2.32. The number of fused-ring (bicyclic) bond motifs is 1. The van der Waals surface area contributed by atoms with Crippen molar-refractivity contribution in [3.05, 3.63) is 60.6 Å². The minimum atomic E-state index is -0.238. The van der Waals surface area contributed by atoms with Gasteiger partial charge in [0.25, 0.3) is 5.91 Å². The molecule has 1 atom stereocenters. The van der Waals surface area contributed by atoms with Crippen LogP contribution in [0.15, 0.2) is 54.9 Å². The van der Waals surface area contributed by atoms with Crippen LogP contribution in [0.2, 0.25) is 0 Å². The molecule has 138 valence electrons. The first-order valence-electron chi connectivity index (χ1n) is 8.88. The second-order valence-electron chi connectivity index (χ2n) is 6.23. The summed E-state index contributed by atoms with van der Waals surface area (Å²) < 4.78 is 13.1. The predicted octanol–water partition coefficient (Wildman–Crippen LogP) is 3.09. The van der Waals surface area contributed by atoms with Crippen LogP contribution in [0, 0.1) is 0 Å². The summed E-state index contributed by atoms with van der Waals surface area (Å²) in [6.07, 6.45) is 3.22. The lowest BCUT2D eigenvalue weighted by Gasteiger charge is -2.32. The van der Waals surface area contributed by atoms with Crippen LogP contribution < -0.4 is 14.4 Å². The molecule has 2 aromatic heterocycles. The van der Waals surface area contributed by atoms with Crippen molar-refractivity contribution in [3.63, 3.8) is 0 Å². The fraction of sp³-hybridized carbons (Fsp3) is 0.250. The van der Waals surface area contributed by atoms with Crippen LogP contribution in [0.5, 0.6) is 11.6 Å². The standard InChI is InChI=1S/C20H20N4O3/c1-3-26-17-13-24(15-8-5-4-6-9-15)22-18(17)20(25)23-12-14(2)27-19-16(23)10-7-11-21-19/h4-11,13-14H,3,12H2,1-2H3. The molecular weight excluding hydrogens is 344 g/mol. The van der Waals surface area contributed by atoms with Gasteiger partial charge >= 0.3 is 0 Å². The summed E-state index contributed by atoms with van der Waals surface area (Å²) in [5, 5.41) is 4.51. The van der Waals surface area contributed by atoms with Gasteiger partial charge < -0.3 is 9.47 Å². The zero-order valence-electron chi connectivity index (χ0n) is 15.2. The average molecular weight is 364 g/mol. The van der Waals surface area contributed by atoms with Gasteiger partial charge in [-0.2, -0.15) is 5.10 Å². The molecule has 1 unspecified atom stereocenters. The number of hydrogen-bond donors (Lipinski definition) is 0. The van der Waals surface area contributed by atoms with E-state index in [1.54, 1.807) is 28.0 Å². The molecule has 0 fully saturated rings. The molecule has 1 aromatic carbocycles. The molecule has 1 aliphatic rings. The number of rotatable bonds is 4. The van der Waals surface area contributed by atoms with Gasteiger partial charge in [0.1, 0.15) is 11.8 Å². The number of benzene rings is 1. The number of carbonyl (C=O) groups excluding carboxylic acids is 1. The third kappa shape index (κ3) is 3.23. The van der Waals surface area contributed by atoms with Gasteiger partial charge in [-0.25, -0.2) is 9.67 Å². The topological polar surface area (TPSA) is 69.5 Å². The minimum Gasteiger partial charge on any atom is -0.490 e. The van der Waals surface area contributed by atoms with Crippen molar-refractivity contribution in [2.24, 2.45) is 0 Å². The molecule has 0 radical (unpaired) electrons. The van der Waals surface area contributed by atoms with E-state index in [0.717, 1.165) is 5.69 Å². The average Bonchev–Trinajstić information content (AvgIpc) is 3.11. The van der Waals surface area contributed by atoms with Gasteiger partial charge in [0.15, 0.2) is 11.4 Å². The van der Waals surface area contributed by atoms with Crippen molar-refractivity contribution in [2.75, 3.05) is 18.1 Å². The van der Waals surface area contributed by atoms with Crippen LogP contribution in [0.3, 0.4) is 0 Å². The molecule has 7 nitrogen and oxygen atoms in total. The first-order valence-corrected chi connectivity index (χ1v) is 8.88. The molecule has 0 bridgehead atoms. The molecule has 1 amide bonds. The Bertz CT molecular complexity index is 955. The number of ether oxygens (including phenoxy) is 2. The van der Waals surface area contributed by atoms with Gasteiger partial charge in [0.2, 0.25) is 5.88 Å². The number of nitrogens with zero attached hydrogens (tertiary/aromatic N) is 4. The largest absolute Gasteiger partial charge is 0.490 e. The van der Waals surface area contributed by atoms with Gasteiger partial charge in [0.05, 0.1) is 25.0 Å². The summed E-state index contributed by atoms with van der Waals surface area (Å²) in [5.74, 6) is 0.665. The molecule has 3 aromatic rings. The fourth-order valence-electron chi connectivity index (χ4n) is 3.06. The Morgan fingerprint density at radius 3 is 2.85 bits per heavy atom. The predicted molar refractivity (Wildman–Crippen MR) is 101 cm³/mol. The number of amides is 1. The fourth-order valence-corrected chi connectivity index (χ4v) is 3.06. The van der Waals surface area contributed by atoms with Crippen LogP contribution in [0.25, 0.3) is 5.69 Å². The van der Waals surface area contributed by atoms with E-state index >= 15 is 0 Å². The van der Waals surface area contributed by atoms with Crippen LogP contribution in [0.1, 0.15) is 24.3 Å². The van der Waals surface area contributed by atoms with Crippen LogP contribution in [0.4, 0.5) is 5.69 Å². The highest BCUT2D eigenvalue weighted by Crippen LogP contribution is 2.33. The third-order valence-corrected chi connectivity index (χ3v) is 4.24. The molecule has 0 spiro atoms. The van der Waals surface area contributed by atoms with Gasteiger partial charge in [0, 0.05) is 6.20 Å². The van der Waals surface area contributed by atoms with E-state index in [1.807, 2.05) is 50.2 Å². The Kier molecular flexibility index (Phi) is 4.50. The molecule has 1 aliphatic heterocycles. The van der Waals surface area contributed by atoms with E-state index in [2.05, 4.69) is 10.1 Å². The lowest BCUT2D eigenvalue weighted by atomic mass is 10.2. The Hall–Kier alpha value is -3.35. The summed E-state index contributed by atoms with van der Waals surface area (Å²) in [7, 11) is 0. The maximum absolute atomic E-state index is 13.3. The smallest absolute Gasteiger partial charge is 0.282 e. The Labute approximate surface area is 157 Å². The van der Waals surface area contributed by atoms with E-state index in [9.17, 15) is 4.79 Å². The Balaban J connectivity index is 1.74. The molecule has 0 N–H and O–H groups in total. The van der Waals surface area contributed by atoms with E-state index in [1.165, 1.54) is 0 Å². The SMILES string of the molecule is CCOc1cn(-c2ccccc2)nc1C(=O)N1CC(C)Oc2ncccc21. The molecule has 4 rings (SSSR count). The first kappa shape index (κ1) is 17.1. The van der Waals surface area contributed by atoms with Gasteiger partial charge in [-0.1, -0.05) is 18.2 Å². The van der Waals surface area contributed by atoms with E-state index in [-0.39, 0.29) is 17.7 Å². The quantitative estimate of drug-likeness (QED) is 0.711. The minimum absolute atomic E-state index is 0.164. The van der Waals surface area contributed by atoms with Crippen LogP contribution in [-0.2, 0) is 0 Å². The molecule has 0 saturated heterocycles. The van der Waals surface area contributed by atoms with Gasteiger partial charge in [-0.05, 0) is 38.1 Å².